The van der Waals surface area contributed by atoms with Crippen molar-refractivity contribution >= 4 is 29.3 Å². The van der Waals surface area contributed by atoms with Crippen molar-refractivity contribution in [3.8, 4) is 5.69 Å². The van der Waals surface area contributed by atoms with Crippen LogP contribution in [0.25, 0.3) is 5.69 Å². The minimum Gasteiger partial charge on any atom is -0.351 e. The quantitative estimate of drug-likeness (QED) is 0.669. The van der Waals surface area contributed by atoms with E-state index in [4.69, 9.17) is 11.6 Å². The lowest BCUT2D eigenvalue weighted by molar-refractivity contribution is -0.118. The van der Waals surface area contributed by atoms with Crippen molar-refractivity contribution in [1.82, 2.24) is 20.1 Å². The summed E-state index contributed by atoms with van der Waals surface area (Å²) in [6.07, 6.45) is 1.56. The van der Waals surface area contributed by atoms with Crippen LogP contribution in [0.5, 0.6) is 0 Å². The molecule has 8 heteroatoms. The van der Waals surface area contributed by atoms with Crippen molar-refractivity contribution in [2.24, 2.45) is 0 Å². The Labute approximate surface area is 153 Å². The summed E-state index contributed by atoms with van der Waals surface area (Å²) < 4.78 is 15.3. The summed E-state index contributed by atoms with van der Waals surface area (Å²) in [5.41, 5.74) is 1.26. The fourth-order valence-corrected chi connectivity index (χ4v) is 3.09. The number of halogens is 2. The third kappa shape index (κ3) is 4.58. The Hall–Kier alpha value is -2.38. The van der Waals surface area contributed by atoms with Gasteiger partial charge in [0.15, 0.2) is 5.16 Å². The van der Waals surface area contributed by atoms with Gasteiger partial charge in [0.25, 0.3) is 0 Å². The fraction of sp³-hybridized carbons (Fsp3) is 0.118. The van der Waals surface area contributed by atoms with Crippen molar-refractivity contribution < 1.29 is 9.18 Å². The standard InChI is InChI=1S/C17H14ClFN4OS/c18-13-5-3-6-14(8-13)23-11-21-22-17(23)25-10-16(24)20-9-12-4-1-2-7-15(12)19/h1-8,11H,9-10H2,(H,20,24). The zero-order chi connectivity index (χ0) is 17.6. The van der Waals surface area contributed by atoms with E-state index in [2.05, 4.69) is 15.5 Å². The topological polar surface area (TPSA) is 59.8 Å². The highest BCUT2D eigenvalue weighted by Gasteiger charge is 2.11. The smallest absolute Gasteiger partial charge is 0.230 e. The van der Waals surface area contributed by atoms with Gasteiger partial charge in [0.05, 0.1) is 11.4 Å². The molecule has 0 saturated carbocycles. The monoisotopic (exact) mass is 376 g/mol. The molecule has 1 amide bonds. The Morgan fingerprint density at radius 3 is 2.88 bits per heavy atom. The SMILES string of the molecule is O=C(CSc1nncn1-c1cccc(Cl)c1)NCc1ccccc1F. The molecule has 25 heavy (non-hydrogen) atoms. The number of thioether (sulfide) groups is 1. The van der Waals surface area contributed by atoms with Gasteiger partial charge in [0.2, 0.25) is 5.91 Å². The van der Waals surface area contributed by atoms with Gasteiger partial charge in [-0.25, -0.2) is 4.39 Å². The van der Waals surface area contributed by atoms with Crippen molar-refractivity contribution in [2.75, 3.05) is 5.75 Å². The summed E-state index contributed by atoms with van der Waals surface area (Å²) in [6, 6.07) is 13.6. The lowest BCUT2D eigenvalue weighted by Gasteiger charge is -2.08. The zero-order valence-electron chi connectivity index (χ0n) is 13.0. The number of carbonyl (C=O) groups excluding carboxylic acids is 1. The van der Waals surface area contributed by atoms with Crippen molar-refractivity contribution in [3.05, 3.63) is 71.3 Å². The lowest BCUT2D eigenvalue weighted by atomic mass is 10.2. The number of nitrogens with one attached hydrogen (secondary N) is 1. The van der Waals surface area contributed by atoms with Gasteiger partial charge in [-0.15, -0.1) is 10.2 Å². The second-order valence-corrected chi connectivity index (χ2v) is 6.50. The van der Waals surface area contributed by atoms with E-state index in [1.54, 1.807) is 41.2 Å². The molecule has 0 bridgehead atoms. The summed E-state index contributed by atoms with van der Waals surface area (Å²) in [6.45, 7) is 0.146. The number of aromatic nitrogens is 3. The van der Waals surface area contributed by atoms with Crippen molar-refractivity contribution in [1.29, 1.82) is 0 Å². The van der Waals surface area contributed by atoms with Gasteiger partial charge in [-0.2, -0.15) is 0 Å². The van der Waals surface area contributed by atoms with E-state index in [9.17, 15) is 9.18 Å². The lowest BCUT2D eigenvalue weighted by Crippen LogP contribution is -2.25. The average molecular weight is 377 g/mol. The second-order valence-electron chi connectivity index (χ2n) is 5.12. The third-order valence-electron chi connectivity index (χ3n) is 3.37. The predicted molar refractivity (Wildman–Crippen MR) is 95.3 cm³/mol. The third-order valence-corrected chi connectivity index (χ3v) is 4.55. The normalized spacial score (nSPS) is 10.6. The highest BCUT2D eigenvalue weighted by Crippen LogP contribution is 2.21. The Morgan fingerprint density at radius 2 is 2.08 bits per heavy atom. The van der Waals surface area contributed by atoms with Gasteiger partial charge >= 0.3 is 0 Å². The molecule has 0 atom stereocenters. The number of benzene rings is 2. The average Bonchev–Trinajstić information content (AvgIpc) is 3.08. The summed E-state index contributed by atoms with van der Waals surface area (Å²) in [7, 11) is 0. The first-order chi connectivity index (χ1) is 12.1. The molecule has 128 valence electrons. The maximum absolute atomic E-state index is 13.5. The number of carbonyl (C=O) groups is 1. The number of amides is 1. The highest BCUT2D eigenvalue weighted by molar-refractivity contribution is 7.99. The van der Waals surface area contributed by atoms with Crippen LogP contribution in [0.2, 0.25) is 5.02 Å². The van der Waals surface area contributed by atoms with E-state index in [1.165, 1.54) is 17.8 Å². The largest absolute Gasteiger partial charge is 0.351 e. The molecule has 1 heterocycles. The van der Waals surface area contributed by atoms with Crippen LogP contribution in [0.1, 0.15) is 5.56 Å². The Balaban J connectivity index is 1.58. The highest BCUT2D eigenvalue weighted by atomic mass is 35.5. The van der Waals surface area contributed by atoms with Crippen LogP contribution in [-0.4, -0.2) is 26.4 Å². The minimum absolute atomic E-state index is 0.146. The van der Waals surface area contributed by atoms with Gasteiger partial charge in [-0.05, 0) is 24.3 Å². The molecular formula is C17H14ClFN4OS. The van der Waals surface area contributed by atoms with E-state index in [0.717, 1.165) is 5.69 Å². The van der Waals surface area contributed by atoms with E-state index in [1.807, 2.05) is 12.1 Å². The predicted octanol–water partition coefficient (Wildman–Crippen LogP) is 3.47. The van der Waals surface area contributed by atoms with Crippen LogP contribution in [-0.2, 0) is 11.3 Å². The Morgan fingerprint density at radius 1 is 1.24 bits per heavy atom. The van der Waals surface area contributed by atoms with Gasteiger partial charge in [-0.1, -0.05) is 47.6 Å². The maximum atomic E-state index is 13.5. The number of hydrogen-bond acceptors (Lipinski definition) is 4. The van der Waals surface area contributed by atoms with Crippen LogP contribution >= 0.6 is 23.4 Å². The van der Waals surface area contributed by atoms with Crippen LogP contribution in [0.3, 0.4) is 0 Å². The maximum Gasteiger partial charge on any atom is 0.230 e. The van der Waals surface area contributed by atoms with Crippen LogP contribution in [0, 0.1) is 5.82 Å². The second kappa shape index (κ2) is 8.13. The molecule has 0 unspecified atom stereocenters. The molecule has 1 N–H and O–H groups in total. The fourth-order valence-electron chi connectivity index (χ4n) is 2.14. The molecular weight excluding hydrogens is 363 g/mol. The first kappa shape index (κ1) is 17.4. The van der Waals surface area contributed by atoms with E-state index in [-0.39, 0.29) is 24.0 Å². The van der Waals surface area contributed by atoms with Crippen LogP contribution in [0.15, 0.2) is 60.0 Å². The molecule has 0 aliphatic rings. The van der Waals surface area contributed by atoms with Crippen LogP contribution in [0.4, 0.5) is 4.39 Å². The van der Waals surface area contributed by atoms with E-state index < -0.39 is 0 Å². The molecule has 5 nitrogen and oxygen atoms in total. The molecule has 0 saturated heterocycles. The number of nitrogens with zero attached hydrogens (tertiary/aromatic N) is 3. The molecule has 0 spiro atoms. The molecule has 0 aliphatic carbocycles. The number of rotatable bonds is 6. The summed E-state index contributed by atoms with van der Waals surface area (Å²) in [4.78, 5) is 12.0. The first-order valence-corrected chi connectivity index (χ1v) is 8.79. The van der Waals surface area contributed by atoms with E-state index in [0.29, 0.717) is 15.7 Å². The number of hydrogen-bond donors (Lipinski definition) is 1. The molecule has 3 aromatic rings. The molecule has 1 aromatic heterocycles. The van der Waals surface area contributed by atoms with Gasteiger partial charge in [-0.3, -0.25) is 9.36 Å². The van der Waals surface area contributed by atoms with Crippen molar-refractivity contribution in [3.63, 3.8) is 0 Å². The van der Waals surface area contributed by atoms with Gasteiger partial charge < -0.3 is 5.32 Å². The zero-order valence-corrected chi connectivity index (χ0v) is 14.6. The summed E-state index contributed by atoms with van der Waals surface area (Å²) in [5, 5.41) is 11.8. The summed E-state index contributed by atoms with van der Waals surface area (Å²) >= 11 is 7.24. The molecule has 0 aliphatic heterocycles. The Bertz CT molecular complexity index is 886. The van der Waals surface area contributed by atoms with E-state index >= 15 is 0 Å². The molecule has 0 radical (unpaired) electrons. The minimum atomic E-state index is -0.337. The first-order valence-electron chi connectivity index (χ1n) is 7.42. The Kier molecular flexibility index (Phi) is 5.67. The van der Waals surface area contributed by atoms with Gasteiger partial charge in [0, 0.05) is 17.1 Å². The summed E-state index contributed by atoms with van der Waals surface area (Å²) in [5.74, 6) is -0.404. The molecule has 3 rings (SSSR count). The van der Waals surface area contributed by atoms with Gasteiger partial charge in [0.1, 0.15) is 12.1 Å². The van der Waals surface area contributed by atoms with Crippen molar-refractivity contribution in [2.45, 2.75) is 11.7 Å². The molecule has 2 aromatic carbocycles. The molecule has 0 fully saturated rings. The van der Waals surface area contributed by atoms with Crippen LogP contribution < -0.4 is 5.32 Å².